The van der Waals surface area contributed by atoms with Gasteiger partial charge in [0.05, 0.1) is 17.6 Å². The first-order chi connectivity index (χ1) is 14.5. The van der Waals surface area contributed by atoms with Gasteiger partial charge in [-0.3, -0.25) is 9.59 Å². The van der Waals surface area contributed by atoms with E-state index < -0.39 is 0 Å². The van der Waals surface area contributed by atoms with Gasteiger partial charge in [-0.1, -0.05) is 13.3 Å². The number of unbranched alkanes of at least 4 members (excludes halogenated alkanes) is 1. The van der Waals surface area contributed by atoms with Gasteiger partial charge in [0.1, 0.15) is 0 Å². The third kappa shape index (κ3) is 4.52. The molecule has 4 aliphatic rings. The number of hydrogen-bond donors (Lipinski definition) is 1. The standard InChI is InChI=1S/C24H31NO5/c1-2-3-8-29-22(27)19-4-6-20(7-5-19)25-21(26)15-30-23(28)24-12-16-9-17(13-24)11-18(10-16)14-24/h4-7,16-18H,2-3,8-15H2,1H3,(H,25,26). The minimum absolute atomic E-state index is 0.193. The normalized spacial score (nSPS) is 28.8. The Kier molecular flexibility index (Phi) is 6.11. The molecule has 6 heteroatoms. The molecule has 1 aromatic rings. The summed E-state index contributed by atoms with van der Waals surface area (Å²) >= 11 is 0. The van der Waals surface area contributed by atoms with Crippen LogP contribution < -0.4 is 5.32 Å². The number of benzene rings is 1. The van der Waals surface area contributed by atoms with Gasteiger partial charge in [0, 0.05) is 5.69 Å². The van der Waals surface area contributed by atoms with Crippen LogP contribution in [0, 0.1) is 23.2 Å². The Morgan fingerprint density at radius 1 is 0.967 bits per heavy atom. The number of carbonyl (C=O) groups is 3. The van der Waals surface area contributed by atoms with Crippen molar-refractivity contribution < 1.29 is 23.9 Å². The largest absolute Gasteiger partial charge is 0.462 e. The second-order valence-electron chi connectivity index (χ2n) is 9.39. The van der Waals surface area contributed by atoms with E-state index in [2.05, 4.69) is 5.32 Å². The van der Waals surface area contributed by atoms with E-state index in [1.807, 2.05) is 6.92 Å². The summed E-state index contributed by atoms with van der Waals surface area (Å²) in [4.78, 5) is 37.0. The number of anilines is 1. The SMILES string of the molecule is CCCCOC(=O)c1ccc(NC(=O)COC(=O)C23CC4CC(CC(C4)C2)C3)cc1. The Labute approximate surface area is 177 Å². The Morgan fingerprint density at radius 3 is 2.13 bits per heavy atom. The van der Waals surface area contributed by atoms with Crippen molar-refractivity contribution in [3.8, 4) is 0 Å². The molecular weight excluding hydrogens is 382 g/mol. The molecule has 6 nitrogen and oxygen atoms in total. The lowest BCUT2D eigenvalue weighted by molar-refractivity contribution is -0.172. The highest BCUT2D eigenvalue weighted by atomic mass is 16.5. The van der Waals surface area contributed by atoms with Crippen LogP contribution in [0.15, 0.2) is 24.3 Å². The summed E-state index contributed by atoms with van der Waals surface area (Å²) in [6.45, 7) is 2.16. The molecule has 0 atom stereocenters. The van der Waals surface area contributed by atoms with Crippen LogP contribution in [0.25, 0.3) is 0 Å². The molecule has 1 N–H and O–H groups in total. The Hall–Kier alpha value is -2.37. The zero-order chi connectivity index (χ0) is 21.1. The van der Waals surface area contributed by atoms with Crippen molar-refractivity contribution in [3.05, 3.63) is 29.8 Å². The second-order valence-corrected chi connectivity index (χ2v) is 9.39. The van der Waals surface area contributed by atoms with Crippen LogP contribution in [-0.4, -0.2) is 31.1 Å². The van der Waals surface area contributed by atoms with Gasteiger partial charge < -0.3 is 14.8 Å². The molecule has 0 saturated heterocycles. The monoisotopic (exact) mass is 413 g/mol. The van der Waals surface area contributed by atoms with E-state index in [9.17, 15) is 14.4 Å². The van der Waals surface area contributed by atoms with Gasteiger partial charge in [-0.05, 0) is 87.0 Å². The molecule has 4 bridgehead atoms. The lowest BCUT2D eigenvalue weighted by Crippen LogP contribution is -2.50. The third-order valence-electron chi connectivity index (χ3n) is 6.94. The fraction of sp³-hybridized carbons (Fsp3) is 0.625. The average Bonchev–Trinajstić information content (AvgIpc) is 2.71. The molecule has 1 aromatic carbocycles. The van der Waals surface area contributed by atoms with Crippen molar-refractivity contribution in [2.24, 2.45) is 23.2 Å². The predicted octanol–water partition coefficient (Wildman–Crippen LogP) is 4.34. The fourth-order valence-corrected chi connectivity index (χ4v) is 5.92. The Balaban J connectivity index is 1.25. The maximum atomic E-state index is 12.8. The molecule has 0 spiro atoms. The van der Waals surface area contributed by atoms with Crippen molar-refractivity contribution in [1.29, 1.82) is 0 Å². The molecule has 0 heterocycles. The first-order valence-corrected chi connectivity index (χ1v) is 11.2. The molecule has 0 aliphatic heterocycles. The zero-order valence-corrected chi connectivity index (χ0v) is 17.7. The summed E-state index contributed by atoms with van der Waals surface area (Å²) in [7, 11) is 0. The van der Waals surface area contributed by atoms with Gasteiger partial charge in [-0.15, -0.1) is 0 Å². The van der Waals surface area contributed by atoms with Crippen LogP contribution in [0.1, 0.15) is 68.6 Å². The lowest BCUT2D eigenvalue weighted by atomic mass is 9.49. The molecule has 30 heavy (non-hydrogen) atoms. The van der Waals surface area contributed by atoms with E-state index in [0.29, 0.717) is 35.6 Å². The number of hydrogen-bond acceptors (Lipinski definition) is 5. The van der Waals surface area contributed by atoms with Crippen LogP contribution in [-0.2, 0) is 19.1 Å². The average molecular weight is 414 g/mol. The molecular formula is C24H31NO5. The summed E-state index contributed by atoms with van der Waals surface area (Å²) < 4.78 is 10.6. The Morgan fingerprint density at radius 2 is 1.57 bits per heavy atom. The number of esters is 2. The number of rotatable bonds is 8. The van der Waals surface area contributed by atoms with Gasteiger partial charge in [-0.2, -0.15) is 0 Å². The van der Waals surface area contributed by atoms with E-state index in [-0.39, 0.29) is 29.9 Å². The van der Waals surface area contributed by atoms with Crippen LogP contribution >= 0.6 is 0 Å². The first kappa shape index (κ1) is 20.9. The maximum Gasteiger partial charge on any atom is 0.338 e. The molecule has 4 saturated carbocycles. The predicted molar refractivity (Wildman–Crippen MR) is 112 cm³/mol. The van der Waals surface area contributed by atoms with Gasteiger partial charge in [-0.25, -0.2) is 4.79 Å². The number of amides is 1. The quantitative estimate of drug-likeness (QED) is 0.506. The first-order valence-electron chi connectivity index (χ1n) is 11.2. The Bertz CT molecular complexity index is 765. The fourth-order valence-electron chi connectivity index (χ4n) is 5.92. The molecule has 5 rings (SSSR count). The van der Waals surface area contributed by atoms with Crippen molar-refractivity contribution in [3.63, 3.8) is 0 Å². The molecule has 4 aliphatic carbocycles. The lowest BCUT2D eigenvalue weighted by Gasteiger charge is -2.55. The van der Waals surface area contributed by atoms with Crippen molar-refractivity contribution in [1.82, 2.24) is 0 Å². The highest BCUT2D eigenvalue weighted by Crippen LogP contribution is 2.60. The molecule has 0 unspecified atom stereocenters. The summed E-state index contributed by atoms with van der Waals surface area (Å²) in [5, 5.41) is 2.72. The van der Waals surface area contributed by atoms with E-state index in [0.717, 1.165) is 32.1 Å². The van der Waals surface area contributed by atoms with Crippen LogP contribution in [0.4, 0.5) is 5.69 Å². The molecule has 1 amide bonds. The summed E-state index contributed by atoms with van der Waals surface area (Å²) in [5.41, 5.74) is 0.641. The number of carbonyl (C=O) groups excluding carboxylic acids is 3. The van der Waals surface area contributed by atoms with Gasteiger partial charge in [0.15, 0.2) is 6.61 Å². The van der Waals surface area contributed by atoms with Gasteiger partial charge in [0.25, 0.3) is 5.91 Å². The summed E-state index contributed by atoms with van der Waals surface area (Å²) in [6, 6.07) is 6.53. The minimum Gasteiger partial charge on any atom is -0.462 e. The van der Waals surface area contributed by atoms with Crippen LogP contribution in [0.2, 0.25) is 0 Å². The van der Waals surface area contributed by atoms with Gasteiger partial charge >= 0.3 is 11.9 Å². The highest BCUT2D eigenvalue weighted by Gasteiger charge is 2.55. The topological polar surface area (TPSA) is 81.7 Å². The summed E-state index contributed by atoms with van der Waals surface area (Å²) in [6.07, 6.45) is 8.35. The van der Waals surface area contributed by atoms with Crippen molar-refractivity contribution >= 4 is 23.5 Å². The summed E-state index contributed by atoms with van der Waals surface area (Å²) in [5.74, 6) is 1.04. The maximum absolute atomic E-state index is 12.8. The minimum atomic E-state index is -0.370. The smallest absolute Gasteiger partial charge is 0.338 e. The third-order valence-corrected chi connectivity index (χ3v) is 6.94. The van der Waals surface area contributed by atoms with E-state index >= 15 is 0 Å². The van der Waals surface area contributed by atoms with Gasteiger partial charge in [0.2, 0.25) is 0 Å². The van der Waals surface area contributed by atoms with E-state index in [1.54, 1.807) is 24.3 Å². The van der Waals surface area contributed by atoms with E-state index in [1.165, 1.54) is 19.3 Å². The zero-order valence-electron chi connectivity index (χ0n) is 17.7. The molecule has 0 radical (unpaired) electrons. The highest BCUT2D eigenvalue weighted by molar-refractivity contribution is 5.94. The molecule has 162 valence electrons. The van der Waals surface area contributed by atoms with Crippen molar-refractivity contribution in [2.75, 3.05) is 18.5 Å². The van der Waals surface area contributed by atoms with Crippen LogP contribution in [0.5, 0.6) is 0 Å². The number of ether oxygens (including phenoxy) is 2. The second kappa shape index (κ2) is 8.78. The van der Waals surface area contributed by atoms with E-state index in [4.69, 9.17) is 9.47 Å². The number of nitrogens with one attached hydrogen (secondary N) is 1. The van der Waals surface area contributed by atoms with Crippen molar-refractivity contribution in [2.45, 2.75) is 58.3 Å². The molecule has 4 fully saturated rings. The molecule has 0 aromatic heterocycles. The van der Waals surface area contributed by atoms with Crippen LogP contribution in [0.3, 0.4) is 0 Å².